The van der Waals surface area contributed by atoms with Gasteiger partial charge in [0, 0.05) is 36.3 Å². The van der Waals surface area contributed by atoms with Gasteiger partial charge in [-0.3, -0.25) is 19.3 Å². The SMILES string of the molecule is CC1CCC(=O)N([C@]2(C)NN(c3ncc(Cl)c(Nc4ccc5c(c4)CC(=O)N5C)n3)c3ccccc32)C1=O. The zero-order valence-corrected chi connectivity index (χ0v) is 21.9. The summed E-state index contributed by atoms with van der Waals surface area (Å²) >= 11 is 6.46. The molecule has 11 heteroatoms. The number of para-hydroxylation sites is 1. The van der Waals surface area contributed by atoms with Crippen molar-refractivity contribution in [1.82, 2.24) is 20.3 Å². The van der Waals surface area contributed by atoms with E-state index in [2.05, 4.69) is 20.7 Å². The van der Waals surface area contributed by atoms with Crippen molar-refractivity contribution in [1.29, 1.82) is 0 Å². The van der Waals surface area contributed by atoms with Crippen LogP contribution in [0.15, 0.2) is 48.7 Å². The molecular formula is C27H26ClN7O3. The summed E-state index contributed by atoms with van der Waals surface area (Å²) in [6.07, 6.45) is 2.68. The van der Waals surface area contributed by atoms with Crippen molar-refractivity contribution in [2.45, 2.75) is 38.8 Å². The molecule has 1 unspecified atom stereocenters. The van der Waals surface area contributed by atoms with Crippen LogP contribution in [0.4, 0.5) is 28.8 Å². The minimum atomic E-state index is -1.12. The number of hydrazine groups is 1. The van der Waals surface area contributed by atoms with Gasteiger partial charge in [-0.1, -0.05) is 36.7 Å². The highest BCUT2D eigenvalue weighted by atomic mass is 35.5. The van der Waals surface area contributed by atoms with Crippen molar-refractivity contribution in [3.8, 4) is 0 Å². The lowest BCUT2D eigenvalue weighted by atomic mass is 9.92. The van der Waals surface area contributed by atoms with E-state index in [1.165, 1.54) is 11.1 Å². The second-order valence-corrected chi connectivity index (χ2v) is 10.4. The Labute approximate surface area is 224 Å². The Balaban J connectivity index is 1.35. The minimum Gasteiger partial charge on any atom is -0.339 e. The molecule has 6 rings (SSSR count). The quantitative estimate of drug-likeness (QED) is 0.486. The third kappa shape index (κ3) is 3.71. The number of nitrogens with zero attached hydrogens (tertiary/aromatic N) is 5. The number of piperidine rings is 1. The molecule has 1 fully saturated rings. The van der Waals surface area contributed by atoms with E-state index < -0.39 is 5.66 Å². The normalized spacial score (nSPS) is 22.7. The first-order chi connectivity index (χ1) is 18.2. The Morgan fingerprint density at radius 3 is 2.71 bits per heavy atom. The third-order valence-electron chi connectivity index (χ3n) is 7.48. The van der Waals surface area contributed by atoms with E-state index in [0.717, 1.165) is 28.2 Å². The summed E-state index contributed by atoms with van der Waals surface area (Å²) < 4.78 is 0. The highest BCUT2D eigenvalue weighted by Crippen LogP contribution is 2.44. The van der Waals surface area contributed by atoms with Gasteiger partial charge < -0.3 is 10.2 Å². The number of amides is 3. The molecule has 3 aromatic rings. The van der Waals surface area contributed by atoms with E-state index in [1.54, 1.807) is 17.0 Å². The average molecular weight is 532 g/mol. The summed E-state index contributed by atoms with van der Waals surface area (Å²) in [5.74, 6) is 0.0156. The molecule has 0 spiro atoms. The first-order valence-corrected chi connectivity index (χ1v) is 12.8. The molecule has 194 valence electrons. The Morgan fingerprint density at radius 1 is 1.11 bits per heavy atom. The number of carbonyl (C=O) groups is 3. The molecule has 2 aromatic carbocycles. The molecule has 0 radical (unpaired) electrons. The smallest absolute Gasteiger partial charge is 0.246 e. The molecule has 0 saturated carbocycles. The van der Waals surface area contributed by atoms with E-state index in [1.807, 2.05) is 56.3 Å². The average Bonchev–Trinajstić information content (AvgIpc) is 3.36. The topological polar surface area (TPSA) is 111 Å². The molecule has 2 N–H and O–H groups in total. The lowest BCUT2D eigenvalue weighted by molar-refractivity contribution is -0.160. The molecule has 10 nitrogen and oxygen atoms in total. The summed E-state index contributed by atoms with van der Waals surface area (Å²) in [5, 5.41) is 5.22. The van der Waals surface area contributed by atoms with Crippen LogP contribution in [0.5, 0.6) is 0 Å². The Kier molecular flexibility index (Phi) is 5.62. The van der Waals surface area contributed by atoms with Crippen LogP contribution >= 0.6 is 11.6 Å². The molecule has 1 saturated heterocycles. The van der Waals surface area contributed by atoms with Crippen LogP contribution in [0.25, 0.3) is 0 Å². The summed E-state index contributed by atoms with van der Waals surface area (Å²) in [6.45, 7) is 3.66. The molecule has 0 aliphatic carbocycles. The van der Waals surface area contributed by atoms with E-state index in [0.29, 0.717) is 30.1 Å². The van der Waals surface area contributed by atoms with E-state index in [-0.39, 0.29) is 29.6 Å². The van der Waals surface area contributed by atoms with E-state index in [9.17, 15) is 14.4 Å². The molecule has 4 heterocycles. The fourth-order valence-electron chi connectivity index (χ4n) is 5.37. The number of likely N-dealkylation sites (N-methyl/N-ethyl adjacent to an activating group) is 1. The maximum absolute atomic E-state index is 13.2. The zero-order chi connectivity index (χ0) is 26.8. The number of imide groups is 1. The van der Waals surface area contributed by atoms with Crippen molar-refractivity contribution < 1.29 is 14.4 Å². The number of likely N-dealkylation sites (tertiary alicyclic amines) is 1. The number of anilines is 5. The van der Waals surface area contributed by atoms with Crippen LogP contribution in [0, 0.1) is 5.92 Å². The van der Waals surface area contributed by atoms with Crippen molar-refractivity contribution in [3.05, 3.63) is 64.8 Å². The van der Waals surface area contributed by atoms with Gasteiger partial charge in [0.25, 0.3) is 0 Å². The van der Waals surface area contributed by atoms with E-state index in [4.69, 9.17) is 11.6 Å². The summed E-state index contributed by atoms with van der Waals surface area (Å²) in [5.41, 5.74) is 6.23. The second-order valence-electron chi connectivity index (χ2n) is 10.0. The molecule has 38 heavy (non-hydrogen) atoms. The fraction of sp³-hybridized carbons (Fsp3) is 0.296. The molecule has 3 amide bonds. The van der Waals surface area contributed by atoms with Gasteiger partial charge >= 0.3 is 0 Å². The molecule has 1 aromatic heterocycles. The minimum absolute atomic E-state index is 0.0430. The first-order valence-electron chi connectivity index (χ1n) is 12.4. The van der Waals surface area contributed by atoms with Gasteiger partial charge in [0.1, 0.15) is 10.7 Å². The van der Waals surface area contributed by atoms with Gasteiger partial charge in [-0.2, -0.15) is 10.4 Å². The Hall–Kier alpha value is -4.02. The van der Waals surface area contributed by atoms with Crippen LogP contribution in [0.3, 0.4) is 0 Å². The molecular weight excluding hydrogens is 506 g/mol. The van der Waals surface area contributed by atoms with Crippen molar-refractivity contribution in [3.63, 3.8) is 0 Å². The van der Waals surface area contributed by atoms with Crippen LogP contribution < -0.4 is 20.7 Å². The van der Waals surface area contributed by atoms with E-state index >= 15 is 0 Å². The molecule has 3 aliphatic heterocycles. The second kappa shape index (κ2) is 8.78. The summed E-state index contributed by atoms with van der Waals surface area (Å²) in [6, 6.07) is 13.2. The third-order valence-corrected chi connectivity index (χ3v) is 7.76. The standard InChI is InChI=1S/C27H26ClN7O3/c1-15-8-11-22(36)34(25(15)38)27(2)18-6-4-5-7-21(18)35(32-27)26-29-14-19(28)24(31-26)30-17-9-10-20-16(12-17)13-23(37)33(20)3/h4-7,9-10,12,14-15,32H,8,11,13H2,1-3H3,(H,29,30,31)/t15?,27-/m0/s1. The number of halogens is 1. The van der Waals surface area contributed by atoms with Crippen LogP contribution in [0.1, 0.15) is 37.8 Å². The predicted molar refractivity (Wildman–Crippen MR) is 143 cm³/mol. The number of hydrogen-bond donors (Lipinski definition) is 2. The zero-order valence-electron chi connectivity index (χ0n) is 21.2. The number of aromatic nitrogens is 2. The Morgan fingerprint density at radius 2 is 1.89 bits per heavy atom. The number of benzene rings is 2. The first kappa shape index (κ1) is 24.3. The van der Waals surface area contributed by atoms with Crippen molar-refractivity contribution in [2.24, 2.45) is 5.92 Å². The number of carbonyl (C=O) groups excluding carboxylic acids is 3. The molecule has 0 bridgehead atoms. The number of hydrogen-bond acceptors (Lipinski definition) is 8. The van der Waals surface area contributed by atoms with Crippen LogP contribution in [0.2, 0.25) is 5.02 Å². The van der Waals surface area contributed by atoms with Crippen LogP contribution in [-0.4, -0.2) is 39.6 Å². The lowest BCUT2D eigenvalue weighted by Crippen LogP contribution is -2.61. The predicted octanol–water partition coefficient (Wildman–Crippen LogP) is 4.01. The highest BCUT2D eigenvalue weighted by Gasteiger charge is 2.51. The number of nitrogens with one attached hydrogen (secondary N) is 2. The number of rotatable bonds is 4. The largest absolute Gasteiger partial charge is 0.339 e. The maximum Gasteiger partial charge on any atom is 0.246 e. The van der Waals surface area contributed by atoms with Crippen LogP contribution in [-0.2, 0) is 26.5 Å². The molecule has 3 aliphatic rings. The molecule has 2 atom stereocenters. The number of fused-ring (bicyclic) bond motifs is 2. The highest BCUT2D eigenvalue weighted by molar-refractivity contribution is 6.33. The summed E-state index contributed by atoms with van der Waals surface area (Å²) in [4.78, 5) is 50.3. The van der Waals surface area contributed by atoms with Gasteiger partial charge in [-0.15, -0.1) is 0 Å². The van der Waals surface area contributed by atoms with Gasteiger partial charge in [-0.05, 0) is 43.2 Å². The van der Waals surface area contributed by atoms with Gasteiger partial charge in [0.05, 0.1) is 18.3 Å². The maximum atomic E-state index is 13.2. The van der Waals surface area contributed by atoms with Gasteiger partial charge in [0.2, 0.25) is 23.7 Å². The Bertz CT molecular complexity index is 1510. The van der Waals surface area contributed by atoms with Crippen molar-refractivity contribution >= 4 is 58.2 Å². The van der Waals surface area contributed by atoms with Crippen molar-refractivity contribution in [2.75, 3.05) is 22.3 Å². The van der Waals surface area contributed by atoms with Gasteiger partial charge in [0.15, 0.2) is 5.82 Å². The monoisotopic (exact) mass is 531 g/mol. The van der Waals surface area contributed by atoms with Gasteiger partial charge in [-0.25, -0.2) is 9.99 Å². The lowest BCUT2D eigenvalue weighted by Gasteiger charge is -2.41. The summed E-state index contributed by atoms with van der Waals surface area (Å²) in [7, 11) is 1.76. The fourth-order valence-corrected chi connectivity index (χ4v) is 5.51.